The van der Waals surface area contributed by atoms with Gasteiger partial charge in [0.15, 0.2) is 0 Å². The van der Waals surface area contributed by atoms with Crippen molar-refractivity contribution < 1.29 is 10.2 Å². The third-order valence-electron chi connectivity index (χ3n) is 3.65. The molecule has 0 amide bonds. The lowest BCUT2D eigenvalue weighted by Crippen LogP contribution is -2.38. The average molecular weight is 258 g/mol. The summed E-state index contributed by atoms with van der Waals surface area (Å²) in [5.41, 5.74) is 2.63. The molecule has 100 valence electrons. The summed E-state index contributed by atoms with van der Waals surface area (Å²) in [6.45, 7) is 1.53. The highest BCUT2D eigenvalue weighted by Gasteiger charge is 2.20. The zero-order chi connectivity index (χ0) is 13.2. The molecule has 0 spiro atoms. The monoisotopic (exact) mass is 258 g/mol. The van der Waals surface area contributed by atoms with E-state index in [9.17, 15) is 10.2 Å². The van der Waals surface area contributed by atoms with E-state index < -0.39 is 0 Å². The summed E-state index contributed by atoms with van der Waals surface area (Å²) in [7, 11) is 0. The van der Waals surface area contributed by atoms with Gasteiger partial charge >= 0.3 is 0 Å². The fraction of sp³-hybridized carbons (Fsp3) is 0.400. The van der Waals surface area contributed by atoms with Gasteiger partial charge in [0.25, 0.3) is 0 Å². The molecule has 1 atom stereocenters. The number of pyridine rings is 1. The molecule has 1 aliphatic rings. The molecular weight excluding hydrogens is 240 g/mol. The van der Waals surface area contributed by atoms with Gasteiger partial charge in [0, 0.05) is 24.2 Å². The number of hydrogen-bond donors (Lipinski definition) is 2. The summed E-state index contributed by atoms with van der Waals surface area (Å²) in [6, 6.07) is 9.87. The summed E-state index contributed by atoms with van der Waals surface area (Å²) in [5.74, 6) is 0. The molecular formula is C15H18N2O2. The number of hydrogen-bond acceptors (Lipinski definition) is 4. The van der Waals surface area contributed by atoms with E-state index >= 15 is 0 Å². The van der Waals surface area contributed by atoms with Crippen molar-refractivity contribution in [1.29, 1.82) is 0 Å². The van der Waals surface area contributed by atoms with E-state index in [4.69, 9.17) is 0 Å². The van der Waals surface area contributed by atoms with Crippen molar-refractivity contribution in [2.45, 2.75) is 25.6 Å². The van der Waals surface area contributed by atoms with Crippen LogP contribution >= 0.6 is 0 Å². The van der Waals surface area contributed by atoms with E-state index in [0.29, 0.717) is 12.2 Å². The smallest absolute Gasteiger partial charge is 0.0854 e. The highest BCUT2D eigenvalue weighted by molar-refractivity contribution is 5.92. The van der Waals surface area contributed by atoms with Crippen molar-refractivity contribution in [3.05, 3.63) is 36.0 Å². The van der Waals surface area contributed by atoms with Crippen LogP contribution in [0.2, 0.25) is 0 Å². The van der Waals surface area contributed by atoms with Gasteiger partial charge in [-0.2, -0.15) is 0 Å². The predicted octanol–water partition coefficient (Wildman–Crippen LogP) is 1.69. The second-order valence-corrected chi connectivity index (χ2v) is 5.05. The number of benzene rings is 1. The maximum absolute atomic E-state index is 9.83. The standard InChI is InChI=1S/C15H18N2O2/c18-10-11-8-15(17-7-3-4-12(19)9-17)13-5-1-2-6-14(13)16-11/h1-2,5-6,8,12,18-19H,3-4,7,9-10H2. The topological polar surface area (TPSA) is 56.6 Å². The Labute approximate surface area is 112 Å². The van der Waals surface area contributed by atoms with Gasteiger partial charge < -0.3 is 15.1 Å². The SMILES string of the molecule is OCc1cc(N2CCCC(O)C2)c2ccccc2n1. The normalized spacial score (nSPS) is 19.9. The minimum Gasteiger partial charge on any atom is -0.391 e. The van der Waals surface area contributed by atoms with Gasteiger partial charge in [0.1, 0.15) is 0 Å². The molecule has 0 aliphatic carbocycles. The number of nitrogens with zero attached hydrogens (tertiary/aromatic N) is 2. The molecule has 0 bridgehead atoms. The van der Waals surface area contributed by atoms with Crippen molar-refractivity contribution in [1.82, 2.24) is 4.98 Å². The Balaban J connectivity index is 2.10. The predicted molar refractivity (Wildman–Crippen MR) is 75.1 cm³/mol. The van der Waals surface area contributed by atoms with Crippen LogP contribution in [0.15, 0.2) is 30.3 Å². The van der Waals surface area contributed by atoms with Crippen LogP contribution in [-0.2, 0) is 6.61 Å². The summed E-state index contributed by atoms with van der Waals surface area (Å²) >= 11 is 0. The zero-order valence-electron chi connectivity index (χ0n) is 10.8. The molecule has 19 heavy (non-hydrogen) atoms. The Morgan fingerprint density at radius 3 is 2.95 bits per heavy atom. The van der Waals surface area contributed by atoms with E-state index in [0.717, 1.165) is 36.0 Å². The molecule has 3 rings (SSSR count). The zero-order valence-corrected chi connectivity index (χ0v) is 10.8. The highest BCUT2D eigenvalue weighted by Crippen LogP contribution is 2.29. The molecule has 4 nitrogen and oxygen atoms in total. The fourth-order valence-corrected chi connectivity index (χ4v) is 2.73. The van der Waals surface area contributed by atoms with Crippen LogP contribution in [0.4, 0.5) is 5.69 Å². The highest BCUT2D eigenvalue weighted by atomic mass is 16.3. The molecule has 0 saturated carbocycles. The number of fused-ring (bicyclic) bond motifs is 1. The van der Waals surface area contributed by atoms with Crippen LogP contribution in [0, 0.1) is 0 Å². The molecule has 1 unspecified atom stereocenters. The Morgan fingerprint density at radius 2 is 2.16 bits per heavy atom. The van der Waals surface area contributed by atoms with Crippen molar-refractivity contribution in [3.8, 4) is 0 Å². The summed E-state index contributed by atoms with van der Waals surface area (Å²) < 4.78 is 0. The first-order valence-electron chi connectivity index (χ1n) is 6.70. The third-order valence-corrected chi connectivity index (χ3v) is 3.65. The molecule has 2 N–H and O–H groups in total. The van der Waals surface area contributed by atoms with Crippen LogP contribution in [-0.4, -0.2) is 34.4 Å². The van der Waals surface area contributed by atoms with Gasteiger partial charge in [-0.15, -0.1) is 0 Å². The van der Waals surface area contributed by atoms with E-state index in [2.05, 4.69) is 9.88 Å². The molecule has 4 heteroatoms. The number of para-hydroxylation sites is 1. The van der Waals surface area contributed by atoms with Crippen molar-refractivity contribution in [2.75, 3.05) is 18.0 Å². The minimum atomic E-state index is -0.266. The first kappa shape index (κ1) is 12.4. The van der Waals surface area contributed by atoms with E-state index in [1.165, 1.54) is 0 Å². The summed E-state index contributed by atoms with van der Waals surface area (Å²) in [5, 5.41) is 20.3. The number of aromatic nitrogens is 1. The number of aliphatic hydroxyl groups excluding tert-OH is 2. The lowest BCUT2D eigenvalue weighted by molar-refractivity contribution is 0.154. The number of piperidine rings is 1. The van der Waals surface area contributed by atoms with Crippen LogP contribution < -0.4 is 4.90 Å². The van der Waals surface area contributed by atoms with Crippen molar-refractivity contribution in [3.63, 3.8) is 0 Å². The van der Waals surface area contributed by atoms with Gasteiger partial charge in [0.05, 0.1) is 23.9 Å². The summed E-state index contributed by atoms with van der Waals surface area (Å²) in [6.07, 6.45) is 1.59. The van der Waals surface area contributed by atoms with Gasteiger partial charge in [-0.1, -0.05) is 18.2 Å². The number of rotatable bonds is 2. The van der Waals surface area contributed by atoms with Gasteiger partial charge in [-0.25, -0.2) is 0 Å². The number of aliphatic hydroxyl groups is 2. The van der Waals surface area contributed by atoms with Crippen LogP contribution in [0.3, 0.4) is 0 Å². The second kappa shape index (κ2) is 5.15. The Kier molecular flexibility index (Phi) is 3.36. The molecule has 1 saturated heterocycles. The van der Waals surface area contributed by atoms with Gasteiger partial charge in [-0.05, 0) is 25.0 Å². The number of β-amino-alcohol motifs (C(OH)–C–C–N with tert-alkyl or cyclic N) is 1. The van der Waals surface area contributed by atoms with E-state index in [-0.39, 0.29) is 12.7 Å². The lowest BCUT2D eigenvalue weighted by Gasteiger charge is -2.33. The summed E-state index contributed by atoms with van der Waals surface area (Å²) in [4.78, 5) is 6.62. The Hall–Kier alpha value is -1.65. The Bertz CT molecular complexity index is 585. The van der Waals surface area contributed by atoms with E-state index in [1.54, 1.807) is 0 Å². The van der Waals surface area contributed by atoms with Gasteiger partial charge in [-0.3, -0.25) is 4.98 Å². The Morgan fingerprint density at radius 1 is 1.32 bits per heavy atom. The maximum Gasteiger partial charge on any atom is 0.0854 e. The first-order chi connectivity index (χ1) is 9.28. The van der Waals surface area contributed by atoms with Crippen molar-refractivity contribution >= 4 is 16.6 Å². The van der Waals surface area contributed by atoms with Gasteiger partial charge in [0.2, 0.25) is 0 Å². The molecule has 1 aromatic heterocycles. The van der Waals surface area contributed by atoms with Crippen LogP contribution in [0.5, 0.6) is 0 Å². The molecule has 2 heterocycles. The largest absolute Gasteiger partial charge is 0.391 e. The molecule has 1 aromatic carbocycles. The lowest BCUT2D eigenvalue weighted by atomic mass is 10.1. The third kappa shape index (κ3) is 2.41. The van der Waals surface area contributed by atoms with Crippen molar-refractivity contribution in [2.24, 2.45) is 0 Å². The first-order valence-corrected chi connectivity index (χ1v) is 6.70. The fourth-order valence-electron chi connectivity index (χ4n) is 2.73. The van der Waals surface area contributed by atoms with Crippen LogP contribution in [0.1, 0.15) is 18.5 Å². The number of anilines is 1. The quantitative estimate of drug-likeness (QED) is 0.860. The maximum atomic E-state index is 9.83. The van der Waals surface area contributed by atoms with Crippen LogP contribution in [0.25, 0.3) is 10.9 Å². The second-order valence-electron chi connectivity index (χ2n) is 5.05. The van der Waals surface area contributed by atoms with E-state index in [1.807, 2.05) is 30.3 Å². The molecule has 1 aliphatic heterocycles. The molecule has 2 aromatic rings. The average Bonchev–Trinajstić information content (AvgIpc) is 2.46. The molecule has 1 fully saturated rings. The minimum absolute atomic E-state index is 0.0613. The molecule has 0 radical (unpaired) electrons.